The molecule has 1 atom stereocenters. The molecule has 3 fully saturated rings. The van der Waals surface area contributed by atoms with Gasteiger partial charge in [-0.05, 0) is 74.1 Å². The van der Waals surface area contributed by atoms with E-state index in [1.54, 1.807) is 31.3 Å². The highest BCUT2D eigenvalue weighted by atomic mass is 16.5. The molecule has 1 spiro atoms. The average Bonchev–Trinajstić information content (AvgIpc) is 3.00. The van der Waals surface area contributed by atoms with Crippen LogP contribution in [-0.4, -0.2) is 76.5 Å². The maximum Gasteiger partial charge on any atom is 0.251 e. The Hall–Kier alpha value is -3.43. The summed E-state index contributed by atoms with van der Waals surface area (Å²) < 4.78 is 5.94. The van der Waals surface area contributed by atoms with E-state index in [0.717, 1.165) is 37.8 Å². The summed E-state index contributed by atoms with van der Waals surface area (Å²) in [5.74, 6) is 1.13. The van der Waals surface area contributed by atoms with Gasteiger partial charge in [0.1, 0.15) is 23.1 Å². The van der Waals surface area contributed by atoms with Gasteiger partial charge in [-0.25, -0.2) is 0 Å². The summed E-state index contributed by atoms with van der Waals surface area (Å²) in [6.45, 7) is 4.77. The standard InChI is InChI=1S/C33H44N4O5/c1-3-19-37-30(39)28(22-32(41)15-5-4-6-16-32)35-31(40)33(37)17-20-36(21-18-33)23-24-7-11-26(12-8-24)42-27-13-9-25(10-14-27)29(38)34-2/h7-14,28,41H,3-6,15-23H2,1-2H3,(H,34,38)(H,35,40)/t28-/m1/s1. The zero-order valence-corrected chi connectivity index (χ0v) is 24.9. The first-order chi connectivity index (χ1) is 20.2. The maximum atomic E-state index is 13.7. The van der Waals surface area contributed by atoms with E-state index in [2.05, 4.69) is 15.5 Å². The summed E-state index contributed by atoms with van der Waals surface area (Å²) in [5.41, 5.74) is 0.0356. The minimum Gasteiger partial charge on any atom is -0.457 e. The Morgan fingerprint density at radius 2 is 1.60 bits per heavy atom. The van der Waals surface area contributed by atoms with Crippen molar-refractivity contribution in [1.82, 2.24) is 20.4 Å². The molecule has 3 N–H and O–H groups in total. The molecule has 0 radical (unpaired) electrons. The number of piperidine rings is 1. The molecule has 5 rings (SSSR count). The number of piperazine rings is 1. The van der Waals surface area contributed by atoms with E-state index in [0.29, 0.717) is 68.8 Å². The number of nitrogens with zero attached hydrogens (tertiary/aromatic N) is 2. The quantitative estimate of drug-likeness (QED) is 0.416. The van der Waals surface area contributed by atoms with E-state index < -0.39 is 17.2 Å². The van der Waals surface area contributed by atoms with Gasteiger partial charge in [-0.2, -0.15) is 0 Å². The highest BCUT2D eigenvalue weighted by Gasteiger charge is 2.54. The number of aliphatic hydroxyl groups is 1. The largest absolute Gasteiger partial charge is 0.457 e. The Balaban J connectivity index is 1.17. The number of hydrogen-bond donors (Lipinski definition) is 3. The molecule has 1 aliphatic carbocycles. The maximum absolute atomic E-state index is 13.7. The summed E-state index contributed by atoms with van der Waals surface area (Å²) in [6.07, 6.45) is 6.71. The van der Waals surface area contributed by atoms with Crippen LogP contribution in [0.3, 0.4) is 0 Å². The van der Waals surface area contributed by atoms with Crippen molar-refractivity contribution in [3.05, 3.63) is 59.7 Å². The number of nitrogens with one attached hydrogen (secondary N) is 2. The summed E-state index contributed by atoms with van der Waals surface area (Å²) in [6, 6.07) is 14.3. The molecule has 226 valence electrons. The van der Waals surface area contributed by atoms with Crippen LogP contribution >= 0.6 is 0 Å². The molecular weight excluding hydrogens is 532 g/mol. The number of benzene rings is 2. The van der Waals surface area contributed by atoms with Gasteiger partial charge >= 0.3 is 0 Å². The summed E-state index contributed by atoms with van der Waals surface area (Å²) in [7, 11) is 1.60. The smallest absolute Gasteiger partial charge is 0.251 e. The number of likely N-dealkylation sites (tertiary alicyclic amines) is 1. The van der Waals surface area contributed by atoms with Gasteiger partial charge in [-0.1, -0.05) is 38.3 Å². The Kier molecular flexibility index (Phi) is 9.18. The fraction of sp³-hybridized carbons (Fsp3) is 0.545. The number of amides is 3. The molecule has 2 aliphatic heterocycles. The molecule has 0 bridgehead atoms. The Morgan fingerprint density at radius 1 is 0.976 bits per heavy atom. The molecule has 2 aromatic carbocycles. The number of hydrogen-bond acceptors (Lipinski definition) is 6. The number of carbonyl (C=O) groups is 3. The van der Waals surface area contributed by atoms with Crippen molar-refractivity contribution in [2.24, 2.45) is 0 Å². The Labute approximate surface area is 248 Å². The lowest BCUT2D eigenvalue weighted by atomic mass is 9.77. The topological polar surface area (TPSA) is 111 Å². The van der Waals surface area contributed by atoms with Gasteiger partial charge in [0.25, 0.3) is 5.91 Å². The van der Waals surface area contributed by atoms with Crippen LogP contribution in [0.1, 0.15) is 80.6 Å². The molecule has 2 saturated heterocycles. The van der Waals surface area contributed by atoms with Crippen LogP contribution in [0.4, 0.5) is 0 Å². The van der Waals surface area contributed by atoms with Gasteiger partial charge in [-0.15, -0.1) is 0 Å². The Bertz CT molecular complexity index is 1250. The highest BCUT2D eigenvalue weighted by molar-refractivity contribution is 6.00. The minimum atomic E-state index is -0.865. The first-order valence-electron chi connectivity index (χ1n) is 15.4. The van der Waals surface area contributed by atoms with Crippen molar-refractivity contribution in [2.45, 2.75) is 88.4 Å². The van der Waals surface area contributed by atoms with Gasteiger partial charge in [0.05, 0.1) is 5.60 Å². The molecule has 3 aliphatic rings. The SMILES string of the molecule is CCCN1C(=O)[C@@H](CC2(O)CCCCC2)NC(=O)C12CCN(Cc1ccc(Oc3ccc(C(=O)NC)cc3)cc1)CC2. The second kappa shape index (κ2) is 12.8. The van der Waals surface area contributed by atoms with E-state index in [1.807, 2.05) is 36.1 Å². The molecule has 3 amide bonds. The summed E-state index contributed by atoms with van der Waals surface area (Å²) in [4.78, 5) is 43.3. The van der Waals surface area contributed by atoms with Crippen molar-refractivity contribution < 1.29 is 24.2 Å². The van der Waals surface area contributed by atoms with Crippen LogP contribution < -0.4 is 15.4 Å². The second-order valence-corrected chi connectivity index (χ2v) is 12.2. The second-order valence-electron chi connectivity index (χ2n) is 12.2. The van der Waals surface area contributed by atoms with Gasteiger partial charge in [0.2, 0.25) is 11.8 Å². The predicted molar refractivity (Wildman–Crippen MR) is 160 cm³/mol. The zero-order valence-electron chi connectivity index (χ0n) is 24.9. The fourth-order valence-electron chi connectivity index (χ4n) is 6.81. The molecule has 0 unspecified atom stereocenters. The molecule has 9 nitrogen and oxygen atoms in total. The molecule has 2 heterocycles. The first-order valence-corrected chi connectivity index (χ1v) is 15.4. The monoisotopic (exact) mass is 576 g/mol. The lowest BCUT2D eigenvalue weighted by Gasteiger charge is -2.52. The van der Waals surface area contributed by atoms with Gasteiger partial charge < -0.3 is 25.4 Å². The van der Waals surface area contributed by atoms with E-state index >= 15 is 0 Å². The van der Waals surface area contributed by atoms with Crippen LogP contribution in [0, 0.1) is 0 Å². The minimum absolute atomic E-state index is 0.0391. The predicted octanol–water partition coefficient (Wildman–Crippen LogP) is 4.00. The normalized spacial score (nSPS) is 22.1. The molecule has 9 heteroatoms. The van der Waals surface area contributed by atoms with Crippen molar-refractivity contribution in [3.8, 4) is 11.5 Å². The van der Waals surface area contributed by atoms with Crippen molar-refractivity contribution in [2.75, 3.05) is 26.7 Å². The molecule has 1 saturated carbocycles. The number of rotatable bonds is 9. The third-order valence-corrected chi connectivity index (χ3v) is 9.22. The molecular formula is C33H44N4O5. The first kappa shape index (κ1) is 30.0. The summed E-state index contributed by atoms with van der Waals surface area (Å²) >= 11 is 0. The van der Waals surface area contributed by atoms with Gasteiger partial charge in [0.15, 0.2) is 0 Å². The molecule has 0 aromatic heterocycles. The van der Waals surface area contributed by atoms with Crippen LogP contribution in [-0.2, 0) is 16.1 Å². The zero-order chi connectivity index (χ0) is 29.7. The number of carbonyl (C=O) groups excluding carboxylic acids is 3. The third kappa shape index (κ3) is 6.47. The fourth-order valence-corrected chi connectivity index (χ4v) is 6.81. The Morgan fingerprint density at radius 3 is 2.19 bits per heavy atom. The van der Waals surface area contributed by atoms with Crippen molar-refractivity contribution in [1.29, 1.82) is 0 Å². The third-order valence-electron chi connectivity index (χ3n) is 9.22. The summed E-state index contributed by atoms with van der Waals surface area (Å²) in [5, 5.41) is 16.8. The van der Waals surface area contributed by atoms with Crippen LogP contribution in [0.25, 0.3) is 0 Å². The molecule has 42 heavy (non-hydrogen) atoms. The van der Waals surface area contributed by atoms with Crippen molar-refractivity contribution >= 4 is 17.7 Å². The molecule has 2 aromatic rings. The average molecular weight is 577 g/mol. The lowest BCUT2D eigenvalue weighted by molar-refractivity contribution is -0.163. The van der Waals surface area contributed by atoms with Gasteiger partial charge in [0, 0.05) is 45.2 Å². The van der Waals surface area contributed by atoms with E-state index in [1.165, 1.54) is 0 Å². The number of ether oxygens (including phenoxy) is 1. The van der Waals surface area contributed by atoms with Gasteiger partial charge in [-0.3, -0.25) is 19.3 Å². The van der Waals surface area contributed by atoms with E-state index in [-0.39, 0.29) is 17.7 Å². The highest BCUT2D eigenvalue weighted by Crippen LogP contribution is 2.37. The van der Waals surface area contributed by atoms with E-state index in [4.69, 9.17) is 4.74 Å². The van der Waals surface area contributed by atoms with Crippen LogP contribution in [0.15, 0.2) is 48.5 Å². The van der Waals surface area contributed by atoms with Crippen molar-refractivity contribution in [3.63, 3.8) is 0 Å². The van der Waals surface area contributed by atoms with Crippen LogP contribution in [0.5, 0.6) is 11.5 Å². The van der Waals surface area contributed by atoms with Crippen LogP contribution in [0.2, 0.25) is 0 Å². The lowest BCUT2D eigenvalue weighted by Crippen LogP contribution is -2.73. The van der Waals surface area contributed by atoms with E-state index in [9.17, 15) is 19.5 Å².